The number of fused-ring (bicyclic) bond motifs is 1. The third-order valence-corrected chi connectivity index (χ3v) is 4.92. The molecule has 0 spiro atoms. The molecule has 140 valence electrons. The summed E-state index contributed by atoms with van der Waals surface area (Å²) in [6.07, 6.45) is 3.65. The van der Waals surface area contributed by atoms with E-state index in [2.05, 4.69) is 5.32 Å². The number of hydrogen-bond acceptors (Lipinski definition) is 3. The molecule has 0 atom stereocenters. The fourth-order valence-corrected chi connectivity index (χ4v) is 3.62. The summed E-state index contributed by atoms with van der Waals surface area (Å²) in [4.78, 5) is 0. The Kier molecular flexibility index (Phi) is 5.10. The number of anilines is 1. The van der Waals surface area contributed by atoms with Crippen molar-refractivity contribution in [2.45, 2.75) is 32.6 Å². The number of benzene rings is 2. The van der Waals surface area contributed by atoms with Crippen LogP contribution in [-0.2, 0) is 12.8 Å². The molecular formula is C22H24FN3O. The van der Waals surface area contributed by atoms with Gasteiger partial charge in [-0.05, 0) is 49.9 Å². The van der Waals surface area contributed by atoms with Crippen molar-refractivity contribution in [2.75, 3.05) is 18.5 Å². The molecule has 0 unspecified atom stereocenters. The van der Waals surface area contributed by atoms with Gasteiger partial charge in [-0.25, -0.2) is 9.07 Å². The van der Waals surface area contributed by atoms with Gasteiger partial charge >= 0.3 is 0 Å². The summed E-state index contributed by atoms with van der Waals surface area (Å²) in [5, 5.41) is 8.42. The Morgan fingerprint density at radius 3 is 2.78 bits per heavy atom. The van der Waals surface area contributed by atoms with Crippen LogP contribution >= 0.6 is 0 Å². The number of para-hydroxylation sites is 2. The Balaban J connectivity index is 1.81. The van der Waals surface area contributed by atoms with Crippen molar-refractivity contribution in [3.05, 3.63) is 71.2 Å². The zero-order valence-corrected chi connectivity index (χ0v) is 15.5. The van der Waals surface area contributed by atoms with Crippen molar-refractivity contribution in [3.63, 3.8) is 0 Å². The molecule has 1 N–H and O–H groups in total. The first-order valence-electron chi connectivity index (χ1n) is 9.58. The first-order valence-corrected chi connectivity index (χ1v) is 9.58. The molecule has 0 aliphatic carbocycles. The number of halogens is 1. The molecule has 1 aromatic heterocycles. The van der Waals surface area contributed by atoms with Crippen molar-refractivity contribution in [3.8, 4) is 11.4 Å². The molecule has 27 heavy (non-hydrogen) atoms. The maximum absolute atomic E-state index is 14.2. The molecule has 4 rings (SSSR count). The first-order chi connectivity index (χ1) is 13.3. The van der Waals surface area contributed by atoms with Gasteiger partial charge in [-0.3, -0.25) is 0 Å². The van der Waals surface area contributed by atoms with Crippen LogP contribution in [0, 0.1) is 5.82 Å². The summed E-state index contributed by atoms with van der Waals surface area (Å²) < 4.78 is 22.0. The third kappa shape index (κ3) is 3.54. The lowest BCUT2D eigenvalue weighted by molar-refractivity contribution is 0.338. The Morgan fingerprint density at radius 1 is 1.11 bits per heavy atom. The van der Waals surface area contributed by atoms with Gasteiger partial charge in [-0.15, -0.1) is 0 Å². The summed E-state index contributed by atoms with van der Waals surface area (Å²) in [7, 11) is 0. The van der Waals surface area contributed by atoms with Crippen LogP contribution in [0.4, 0.5) is 10.2 Å². The van der Waals surface area contributed by atoms with Crippen LogP contribution < -0.4 is 10.1 Å². The number of hydrogen-bond donors (Lipinski definition) is 1. The van der Waals surface area contributed by atoms with E-state index in [0.717, 1.165) is 48.8 Å². The van der Waals surface area contributed by atoms with Crippen LogP contribution in [0.25, 0.3) is 5.69 Å². The van der Waals surface area contributed by atoms with E-state index in [-0.39, 0.29) is 5.82 Å². The molecule has 2 heterocycles. The highest BCUT2D eigenvalue weighted by Gasteiger charge is 2.22. The SMILES string of the molecule is CCOc1ccccc1-n1nc(Cc2ccccc2F)c2c1NCCCC2. The number of ether oxygens (including phenoxy) is 1. The predicted octanol–water partition coefficient (Wildman–Crippen LogP) is 4.75. The van der Waals surface area contributed by atoms with Crippen LogP contribution in [0.15, 0.2) is 48.5 Å². The number of nitrogens with one attached hydrogen (secondary N) is 1. The van der Waals surface area contributed by atoms with E-state index in [0.29, 0.717) is 18.6 Å². The lowest BCUT2D eigenvalue weighted by Crippen LogP contribution is -2.08. The van der Waals surface area contributed by atoms with Gasteiger partial charge in [-0.1, -0.05) is 30.3 Å². The van der Waals surface area contributed by atoms with Crippen LogP contribution in [0.5, 0.6) is 5.75 Å². The zero-order chi connectivity index (χ0) is 18.6. The van der Waals surface area contributed by atoms with Gasteiger partial charge in [-0.2, -0.15) is 5.10 Å². The van der Waals surface area contributed by atoms with Crippen LogP contribution in [0.2, 0.25) is 0 Å². The molecule has 1 aliphatic heterocycles. The minimum Gasteiger partial charge on any atom is -0.492 e. The second-order valence-corrected chi connectivity index (χ2v) is 6.74. The maximum atomic E-state index is 14.2. The van der Waals surface area contributed by atoms with E-state index in [1.54, 1.807) is 6.07 Å². The van der Waals surface area contributed by atoms with E-state index < -0.39 is 0 Å². The molecule has 0 radical (unpaired) electrons. The van der Waals surface area contributed by atoms with Gasteiger partial charge < -0.3 is 10.1 Å². The minimum atomic E-state index is -0.183. The molecule has 2 aromatic carbocycles. The van der Waals surface area contributed by atoms with E-state index in [4.69, 9.17) is 9.84 Å². The number of nitrogens with zero attached hydrogens (tertiary/aromatic N) is 2. The highest BCUT2D eigenvalue weighted by atomic mass is 19.1. The largest absolute Gasteiger partial charge is 0.492 e. The topological polar surface area (TPSA) is 39.1 Å². The summed E-state index contributed by atoms with van der Waals surface area (Å²) in [5.74, 6) is 1.62. The predicted molar refractivity (Wildman–Crippen MR) is 105 cm³/mol. The third-order valence-electron chi connectivity index (χ3n) is 4.92. The van der Waals surface area contributed by atoms with Crippen LogP contribution in [0.3, 0.4) is 0 Å². The molecule has 0 amide bonds. The fourth-order valence-electron chi connectivity index (χ4n) is 3.62. The Labute approximate surface area is 159 Å². The van der Waals surface area contributed by atoms with Gasteiger partial charge in [0.15, 0.2) is 0 Å². The van der Waals surface area contributed by atoms with Crippen molar-refractivity contribution < 1.29 is 9.13 Å². The van der Waals surface area contributed by atoms with Crippen molar-refractivity contribution >= 4 is 5.82 Å². The molecule has 1 aliphatic rings. The molecule has 0 fully saturated rings. The molecule has 0 bridgehead atoms. The fraction of sp³-hybridized carbons (Fsp3) is 0.318. The standard InChI is InChI=1S/C22H24FN3O/c1-2-27-21-13-6-5-12-20(21)26-22-17(10-7-8-14-24-22)19(25-26)15-16-9-3-4-11-18(16)23/h3-6,9,11-13,24H,2,7-8,10,14-15H2,1H3. The first kappa shape index (κ1) is 17.6. The minimum absolute atomic E-state index is 0.183. The monoisotopic (exact) mass is 365 g/mol. The summed E-state index contributed by atoms with van der Waals surface area (Å²) in [5.41, 5.74) is 3.69. The second-order valence-electron chi connectivity index (χ2n) is 6.74. The van der Waals surface area contributed by atoms with E-state index >= 15 is 0 Å². The highest BCUT2D eigenvalue weighted by molar-refractivity contribution is 5.58. The molecule has 0 saturated carbocycles. The average Bonchev–Trinajstić information content (AvgIpc) is 2.85. The lowest BCUT2D eigenvalue weighted by atomic mass is 10.0. The van der Waals surface area contributed by atoms with Crippen LogP contribution in [0.1, 0.15) is 36.6 Å². The second kappa shape index (κ2) is 7.82. The Morgan fingerprint density at radius 2 is 1.93 bits per heavy atom. The lowest BCUT2D eigenvalue weighted by Gasteiger charge is -2.13. The Hall–Kier alpha value is -2.82. The van der Waals surface area contributed by atoms with Crippen LogP contribution in [-0.4, -0.2) is 22.9 Å². The van der Waals surface area contributed by atoms with Gasteiger partial charge in [0.25, 0.3) is 0 Å². The zero-order valence-electron chi connectivity index (χ0n) is 15.5. The van der Waals surface area contributed by atoms with E-state index in [1.165, 1.54) is 11.6 Å². The normalized spacial score (nSPS) is 13.6. The molecule has 3 aromatic rings. The highest BCUT2D eigenvalue weighted by Crippen LogP contribution is 2.33. The Bertz CT molecular complexity index is 935. The van der Waals surface area contributed by atoms with E-state index in [9.17, 15) is 4.39 Å². The summed E-state index contributed by atoms with van der Waals surface area (Å²) in [6.45, 7) is 3.48. The summed E-state index contributed by atoms with van der Waals surface area (Å²) >= 11 is 0. The van der Waals surface area contributed by atoms with Gasteiger partial charge in [0, 0.05) is 18.5 Å². The molecule has 5 heteroatoms. The number of aromatic nitrogens is 2. The smallest absolute Gasteiger partial charge is 0.145 e. The van der Waals surface area contributed by atoms with E-state index in [1.807, 2.05) is 48.0 Å². The number of rotatable bonds is 5. The quantitative estimate of drug-likeness (QED) is 0.709. The molecule has 0 saturated heterocycles. The van der Waals surface area contributed by atoms with Crippen molar-refractivity contribution in [2.24, 2.45) is 0 Å². The summed E-state index contributed by atoms with van der Waals surface area (Å²) in [6, 6.07) is 14.8. The van der Waals surface area contributed by atoms with Gasteiger partial charge in [0.2, 0.25) is 0 Å². The molecular weight excluding hydrogens is 341 g/mol. The maximum Gasteiger partial charge on any atom is 0.145 e. The van der Waals surface area contributed by atoms with Crippen molar-refractivity contribution in [1.82, 2.24) is 9.78 Å². The van der Waals surface area contributed by atoms with Gasteiger partial charge in [0.05, 0.1) is 12.3 Å². The van der Waals surface area contributed by atoms with Crippen molar-refractivity contribution in [1.29, 1.82) is 0 Å². The average molecular weight is 365 g/mol. The molecule has 4 nitrogen and oxygen atoms in total. The van der Waals surface area contributed by atoms with Gasteiger partial charge in [0.1, 0.15) is 23.1 Å².